The Labute approximate surface area is 160 Å². The molecule has 0 bridgehead atoms. The zero-order valence-corrected chi connectivity index (χ0v) is 15.8. The molecule has 0 unspecified atom stereocenters. The van der Waals surface area contributed by atoms with Crippen LogP contribution in [0.3, 0.4) is 0 Å². The lowest BCUT2D eigenvalue weighted by Gasteiger charge is -2.28. The molecular formula is C17H19N6O4P. The lowest BCUT2D eigenvalue weighted by molar-refractivity contribution is 0.122. The highest BCUT2D eigenvalue weighted by atomic mass is 31.2. The van der Waals surface area contributed by atoms with E-state index in [1.807, 2.05) is 4.90 Å². The van der Waals surface area contributed by atoms with Gasteiger partial charge >= 0.3 is 7.60 Å². The molecule has 1 fully saturated rings. The molecule has 146 valence electrons. The maximum atomic E-state index is 11.2. The molecule has 1 aliphatic heterocycles. The van der Waals surface area contributed by atoms with Gasteiger partial charge in [-0.1, -0.05) is 24.3 Å². The first kappa shape index (κ1) is 18.7. The first-order valence-electron chi connectivity index (χ1n) is 8.66. The summed E-state index contributed by atoms with van der Waals surface area (Å²) in [6, 6.07) is 6.85. The molecule has 2 aromatic heterocycles. The van der Waals surface area contributed by atoms with Crippen LogP contribution in [0.2, 0.25) is 0 Å². The van der Waals surface area contributed by atoms with Gasteiger partial charge < -0.3 is 25.2 Å². The molecule has 4 N–H and O–H groups in total. The molecule has 4 rings (SSSR count). The molecule has 3 heterocycles. The highest BCUT2D eigenvalue weighted by Crippen LogP contribution is 2.39. The van der Waals surface area contributed by atoms with Crippen molar-refractivity contribution in [3.8, 4) is 11.3 Å². The van der Waals surface area contributed by atoms with Gasteiger partial charge in [0.25, 0.3) is 0 Å². The van der Waals surface area contributed by atoms with Crippen LogP contribution in [0.25, 0.3) is 22.4 Å². The molecule has 0 spiro atoms. The third kappa shape index (κ3) is 4.10. The predicted octanol–water partition coefficient (Wildman–Crippen LogP) is 1.18. The van der Waals surface area contributed by atoms with Crippen LogP contribution in [-0.4, -0.2) is 56.0 Å². The second-order valence-electron chi connectivity index (χ2n) is 6.45. The van der Waals surface area contributed by atoms with Crippen molar-refractivity contribution in [2.75, 3.05) is 36.9 Å². The van der Waals surface area contributed by atoms with Crippen LogP contribution in [0.15, 0.2) is 30.5 Å². The molecule has 3 aromatic rings. The van der Waals surface area contributed by atoms with Crippen molar-refractivity contribution in [3.63, 3.8) is 0 Å². The molecule has 0 amide bonds. The SMILES string of the molecule is Nc1nc(N2CCOCC2)c2nc(-c3ccc(CP(=O)(O)O)cc3)cnc2n1. The number of hydrogen-bond donors (Lipinski definition) is 3. The molecule has 28 heavy (non-hydrogen) atoms. The molecule has 1 saturated heterocycles. The van der Waals surface area contributed by atoms with E-state index in [0.29, 0.717) is 54.5 Å². The third-order valence-corrected chi connectivity index (χ3v) is 5.13. The minimum atomic E-state index is -4.11. The van der Waals surface area contributed by atoms with Gasteiger partial charge in [-0.25, -0.2) is 9.97 Å². The van der Waals surface area contributed by atoms with E-state index in [1.54, 1.807) is 30.5 Å². The first-order valence-corrected chi connectivity index (χ1v) is 10.5. The number of benzene rings is 1. The molecule has 0 atom stereocenters. The van der Waals surface area contributed by atoms with Crippen molar-refractivity contribution >= 4 is 30.5 Å². The molecule has 11 heteroatoms. The van der Waals surface area contributed by atoms with E-state index in [-0.39, 0.29) is 12.1 Å². The Morgan fingerprint density at radius 3 is 2.50 bits per heavy atom. The van der Waals surface area contributed by atoms with E-state index in [9.17, 15) is 4.57 Å². The summed E-state index contributed by atoms with van der Waals surface area (Å²) in [5, 5.41) is 0. The minimum absolute atomic E-state index is 0.137. The quantitative estimate of drug-likeness (QED) is 0.543. The van der Waals surface area contributed by atoms with Gasteiger partial charge in [0, 0.05) is 18.7 Å². The Kier molecular flexibility index (Phi) is 4.94. The largest absolute Gasteiger partial charge is 0.378 e. The number of fused-ring (bicyclic) bond motifs is 1. The van der Waals surface area contributed by atoms with E-state index >= 15 is 0 Å². The van der Waals surface area contributed by atoms with E-state index in [4.69, 9.17) is 20.3 Å². The summed E-state index contributed by atoms with van der Waals surface area (Å²) in [4.78, 5) is 37.9. The van der Waals surface area contributed by atoms with Crippen LogP contribution in [0.4, 0.5) is 11.8 Å². The maximum Gasteiger partial charge on any atom is 0.329 e. The number of aromatic nitrogens is 4. The van der Waals surface area contributed by atoms with Crippen molar-refractivity contribution in [1.29, 1.82) is 0 Å². The van der Waals surface area contributed by atoms with Crippen molar-refractivity contribution in [2.45, 2.75) is 6.16 Å². The molecule has 1 aliphatic rings. The van der Waals surface area contributed by atoms with Gasteiger partial charge in [-0.3, -0.25) is 4.57 Å². The predicted molar refractivity (Wildman–Crippen MR) is 104 cm³/mol. The standard InChI is InChI=1S/C17H19N6O4P/c18-17-21-15-14(16(22-17)23-5-7-27-8-6-23)20-13(9-19-15)12-3-1-11(2-4-12)10-28(24,25)26/h1-4,9H,5-8,10H2,(H2,24,25,26)(H2,18,19,21,22). The van der Waals surface area contributed by atoms with Crippen LogP contribution in [0, 0.1) is 0 Å². The van der Waals surface area contributed by atoms with Gasteiger partial charge in [0.2, 0.25) is 5.95 Å². The molecule has 0 aliphatic carbocycles. The smallest absolute Gasteiger partial charge is 0.329 e. The normalized spacial score (nSPS) is 15.1. The van der Waals surface area contributed by atoms with E-state index in [2.05, 4.69) is 19.9 Å². The summed E-state index contributed by atoms with van der Waals surface area (Å²) in [6.07, 6.45) is 1.29. The Morgan fingerprint density at radius 2 is 1.82 bits per heavy atom. The summed E-state index contributed by atoms with van der Waals surface area (Å²) >= 11 is 0. The van der Waals surface area contributed by atoms with Gasteiger partial charge in [0.1, 0.15) is 0 Å². The van der Waals surface area contributed by atoms with Gasteiger partial charge in [0.05, 0.1) is 31.3 Å². The summed E-state index contributed by atoms with van der Waals surface area (Å²) < 4.78 is 16.5. The third-order valence-electron chi connectivity index (χ3n) is 4.35. The van der Waals surface area contributed by atoms with Crippen molar-refractivity contribution in [2.24, 2.45) is 0 Å². The minimum Gasteiger partial charge on any atom is -0.378 e. The summed E-state index contributed by atoms with van der Waals surface area (Å²) in [5.74, 6) is 0.760. The molecule has 0 saturated carbocycles. The van der Waals surface area contributed by atoms with Gasteiger partial charge in [0.15, 0.2) is 17.0 Å². The number of morpholine rings is 1. The van der Waals surface area contributed by atoms with E-state index in [1.165, 1.54) is 0 Å². The second kappa shape index (κ2) is 7.40. The van der Waals surface area contributed by atoms with Gasteiger partial charge in [-0.15, -0.1) is 0 Å². The Hall–Kier alpha value is -2.65. The number of anilines is 2. The average Bonchev–Trinajstić information content (AvgIpc) is 2.67. The van der Waals surface area contributed by atoms with E-state index < -0.39 is 7.60 Å². The first-order chi connectivity index (χ1) is 13.4. The summed E-state index contributed by atoms with van der Waals surface area (Å²) in [6.45, 7) is 2.54. The topological polar surface area (TPSA) is 148 Å². The number of nitrogens with zero attached hydrogens (tertiary/aromatic N) is 5. The van der Waals surface area contributed by atoms with Gasteiger partial charge in [-0.2, -0.15) is 9.97 Å². The molecular weight excluding hydrogens is 383 g/mol. The van der Waals surface area contributed by atoms with Crippen LogP contribution < -0.4 is 10.6 Å². The Bertz CT molecular complexity index is 1050. The fraction of sp³-hybridized carbons (Fsp3) is 0.294. The number of hydrogen-bond acceptors (Lipinski definition) is 8. The monoisotopic (exact) mass is 402 g/mol. The number of rotatable bonds is 4. The summed E-state index contributed by atoms with van der Waals surface area (Å²) in [5.41, 5.74) is 8.73. The zero-order chi connectivity index (χ0) is 19.7. The number of ether oxygens (including phenoxy) is 1. The lowest BCUT2D eigenvalue weighted by atomic mass is 10.1. The highest BCUT2D eigenvalue weighted by Gasteiger charge is 2.19. The Balaban J connectivity index is 1.72. The van der Waals surface area contributed by atoms with Crippen LogP contribution in [-0.2, 0) is 15.5 Å². The van der Waals surface area contributed by atoms with Crippen molar-refractivity contribution in [1.82, 2.24) is 19.9 Å². The molecule has 0 radical (unpaired) electrons. The lowest BCUT2D eigenvalue weighted by Crippen LogP contribution is -2.37. The van der Waals surface area contributed by atoms with Crippen molar-refractivity contribution in [3.05, 3.63) is 36.0 Å². The highest BCUT2D eigenvalue weighted by molar-refractivity contribution is 7.50. The van der Waals surface area contributed by atoms with Crippen LogP contribution >= 0.6 is 7.60 Å². The average molecular weight is 402 g/mol. The number of nitrogen functional groups attached to an aromatic ring is 1. The maximum absolute atomic E-state index is 11.2. The summed E-state index contributed by atoms with van der Waals surface area (Å²) in [7, 11) is -4.11. The fourth-order valence-corrected chi connectivity index (χ4v) is 3.75. The number of nitrogens with two attached hydrogens (primary N) is 1. The Morgan fingerprint density at radius 1 is 1.11 bits per heavy atom. The molecule has 1 aromatic carbocycles. The fourth-order valence-electron chi connectivity index (χ4n) is 3.06. The molecule has 10 nitrogen and oxygen atoms in total. The van der Waals surface area contributed by atoms with Crippen molar-refractivity contribution < 1.29 is 19.1 Å². The van der Waals surface area contributed by atoms with Crippen LogP contribution in [0.1, 0.15) is 5.56 Å². The van der Waals surface area contributed by atoms with E-state index in [0.717, 1.165) is 5.56 Å². The second-order valence-corrected chi connectivity index (χ2v) is 8.10. The van der Waals surface area contributed by atoms with Gasteiger partial charge in [-0.05, 0) is 5.56 Å². The zero-order valence-electron chi connectivity index (χ0n) is 14.9. The van der Waals surface area contributed by atoms with Crippen LogP contribution in [0.5, 0.6) is 0 Å².